The van der Waals surface area contributed by atoms with Crippen LogP contribution in [0.3, 0.4) is 0 Å². The molecule has 292 valence electrons. The van der Waals surface area contributed by atoms with Crippen molar-refractivity contribution in [2.75, 3.05) is 13.7 Å². The van der Waals surface area contributed by atoms with Crippen molar-refractivity contribution in [3.63, 3.8) is 0 Å². The summed E-state index contributed by atoms with van der Waals surface area (Å²) in [4.78, 5) is 13.1. The number of aliphatic hydroxyl groups is 8. The van der Waals surface area contributed by atoms with Crippen molar-refractivity contribution in [1.82, 2.24) is 0 Å². The first-order valence-electron chi connectivity index (χ1n) is 16.6. The molecule has 0 radical (unpaired) electrons. The average Bonchev–Trinajstić information content (AvgIpc) is 3.12. The first kappa shape index (κ1) is 39.0. The molecule has 6 rings (SSSR count). The second-order valence-corrected chi connectivity index (χ2v) is 13.1. The van der Waals surface area contributed by atoms with Gasteiger partial charge in [0.15, 0.2) is 35.6 Å². The molecule has 19 heteroatoms. The summed E-state index contributed by atoms with van der Waals surface area (Å²) >= 11 is 0. The first-order valence-corrected chi connectivity index (χ1v) is 16.6. The number of aromatic hydroxyl groups is 2. The number of ether oxygens (including phenoxy) is 7. The Kier molecular flexibility index (Phi) is 11.5. The Labute approximate surface area is 300 Å². The van der Waals surface area contributed by atoms with Crippen molar-refractivity contribution in [3.05, 3.63) is 46.6 Å². The van der Waals surface area contributed by atoms with E-state index in [1.54, 1.807) is 0 Å². The maximum absolute atomic E-state index is 13.1. The Bertz CT molecular complexity index is 1800. The van der Waals surface area contributed by atoms with Crippen LogP contribution in [-0.2, 0) is 23.7 Å². The van der Waals surface area contributed by atoms with Crippen LogP contribution in [0.1, 0.15) is 13.8 Å². The van der Waals surface area contributed by atoms with Crippen molar-refractivity contribution in [2.45, 2.75) is 106 Å². The van der Waals surface area contributed by atoms with E-state index < -0.39 is 110 Å². The SMILES string of the molecule is COc1ccc(-c2cc(=O)c3c(O)cc(O[C@@H]4O[C@H](CO[C@@H]5O[C@@H](C)[C@H](O)[C@@H](O)[C@@H]5O)[C@@H](O)[C@H](O)[C@H]4O[C@@H]4O[C@@H](C)[C@H](O)[C@@H](O)[C@@H]4O)cc3o2)cc1O. The van der Waals surface area contributed by atoms with Crippen LogP contribution in [0.2, 0.25) is 0 Å². The minimum atomic E-state index is -1.90. The zero-order valence-corrected chi connectivity index (χ0v) is 28.5. The number of hydrogen-bond acceptors (Lipinski definition) is 19. The number of hydrogen-bond donors (Lipinski definition) is 10. The highest BCUT2D eigenvalue weighted by Gasteiger charge is 2.52. The monoisotopic (exact) mass is 754 g/mol. The zero-order chi connectivity index (χ0) is 38.5. The van der Waals surface area contributed by atoms with Gasteiger partial charge in [-0.1, -0.05) is 0 Å². The number of aliphatic hydroxyl groups excluding tert-OH is 8. The molecule has 0 spiro atoms. The van der Waals surface area contributed by atoms with Crippen LogP contribution < -0.4 is 14.9 Å². The summed E-state index contributed by atoms with van der Waals surface area (Å²) in [6, 6.07) is 7.63. The van der Waals surface area contributed by atoms with Gasteiger partial charge in [-0.05, 0) is 32.0 Å². The maximum Gasteiger partial charge on any atom is 0.229 e. The lowest BCUT2D eigenvalue weighted by atomic mass is 9.97. The second kappa shape index (κ2) is 15.6. The van der Waals surface area contributed by atoms with Gasteiger partial charge in [-0.3, -0.25) is 4.79 Å². The highest BCUT2D eigenvalue weighted by atomic mass is 16.8. The Morgan fingerprint density at radius 3 is 1.96 bits per heavy atom. The van der Waals surface area contributed by atoms with E-state index in [9.17, 15) is 55.9 Å². The van der Waals surface area contributed by atoms with Gasteiger partial charge < -0.3 is 88.6 Å². The lowest BCUT2D eigenvalue weighted by Gasteiger charge is -2.46. The molecule has 4 heterocycles. The van der Waals surface area contributed by atoms with E-state index in [-0.39, 0.29) is 39.5 Å². The van der Waals surface area contributed by atoms with Gasteiger partial charge in [-0.2, -0.15) is 0 Å². The third kappa shape index (κ3) is 7.67. The number of rotatable bonds is 9. The first-order chi connectivity index (χ1) is 25.1. The van der Waals surface area contributed by atoms with E-state index in [1.165, 1.54) is 45.2 Å². The lowest BCUT2D eigenvalue weighted by Crippen LogP contribution is -2.65. The van der Waals surface area contributed by atoms with Crippen LogP contribution in [0, 0.1) is 0 Å². The summed E-state index contributed by atoms with van der Waals surface area (Å²) in [7, 11) is 1.36. The molecule has 19 nitrogen and oxygen atoms in total. The summed E-state index contributed by atoms with van der Waals surface area (Å²) < 4.78 is 45.2. The highest BCUT2D eigenvalue weighted by Crippen LogP contribution is 2.37. The molecule has 0 unspecified atom stereocenters. The van der Waals surface area contributed by atoms with E-state index in [2.05, 4.69) is 0 Å². The molecule has 3 aliphatic heterocycles. The molecule has 0 aliphatic carbocycles. The van der Waals surface area contributed by atoms with Crippen molar-refractivity contribution in [3.8, 4) is 34.3 Å². The van der Waals surface area contributed by atoms with Crippen LogP contribution in [0.15, 0.2) is 45.6 Å². The molecular weight excluding hydrogens is 712 g/mol. The molecular formula is C34H42O19. The largest absolute Gasteiger partial charge is 0.507 e. The molecule has 0 bridgehead atoms. The van der Waals surface area contributed by atoms with Gasteiger partial charge in [0.2, 0.25) is 6.29 Å². The molecule has 10 N–H and O–H groups in total. The van der Waals surface area contributed by atoms with Crippen LogP contribution in [-0.4, -0.2) is 157 Å². The summed E-state index contributed by atoms with van der Waals surface area (Å²) in [6.07, 6.45) is -23.6. The molecule has 15 atom stereocenters. The minimum absolute atomic E-state index is 0.000242. The van der Waals surface area contributed by atoms with Gasteiger partial charge in [0.1, 0.15) is 83.2 Å². The highest BCUT2D eigenvalue weighted by molar-refractivity contribution is 5.86. The fourth-order valence-corrected chi connectivity index (χ4v) is 6.34. The van der Waals surface area contributed by atoms with E-state index >= 15 is 0 Å². The number of fused-ring (bicyclic) bond motifs is 1. The zero-order valence-electron chi connectivity index (χ0n) is 28.5. The van der Waals surface area contributed by atoms with Gasteiger partial charge >= 0.3 is 0 Å². The summed E-state index contributed by atoms with van der Waals surface area (Å²) in [5.74, 6) is -0.866. The molecule has 0 saturated carbocycles. The van der Waals surface area contributed by atoms with E-state index in [0.717, 1.165) is 12.1 Å². The van der Waals surface area contributed by atoms with Gasteiger partial charge in [0.25, 0.3) is 0 Å². The standard InChI is InChI=1S/C34H42O19/c1-11-23(38)26(41)29(44)32(48-11)47-10-21-25(40)28(43)31(53-33-30(45)27(42)24(39)12(2)49-33)34(52-21)50-14-7-16(36)22-17(37)9-19(51-20(22)8-14)13-4-5-18(46-3)15(35)6-13/h4-9,11-12,21,23-36,38-45H,10H2,1-3H3/t11-,12-,21+,23-,24-,25+,26+,27+,28-,29-,30-,31+,32+,33-,34+/m0/s1. The summed E-state index contributed by atoms with van der Waals surface area (Å²) in [5, 5.41) is 105. The van der Waals surface area contributed by atoms with Crippen molar-refractivity contribution in [1.29, 1.82) is 0 Å². The Morgan fingerprint density at radius 1 is 0.679 bits per heavy atom. The number of benzene rings is 2. The van der Waals surface area contributed by atoms with Crippen LogP contribution in [0.25, 0.3) is 22.3 Å². The molecule has 3 aliphatic rings. The van der Waals surface area contributed by atoms with Crippen LogP contribution in [0.5, 0.6) is 23.0 Å². The minimum Gasteiger partial charge on any atom is -0.507 e. The number of phenolic OH excluding ortho intramolecular Hbond substituents is 2. The van der Waals surface area contributed by atoms with Crippen molar-refractivity contribution in [2.24, 2.45) is 0 Å². The molecule has 3 saturated heterocycles. The average molecular weight is 755 g/mol. The normalized spacial score (nSPS) is 37.8. The van der Waals surface area contributed by atoms with E-state index in [4.69, 9.17) is 37.6 Å². The Morgan fingerprint density at radius 2 is 1.32 bits per heavy atom. The quantitative estimate of drug-likeness (QED) is 0.110. The molecule has 2 aromatic carbocycles. The molecule has 3 fully saturated rings. The van der Waals surface area contributed by atoms with Crippen LogP contribution >= 0.6 is 0 Å². The molecule has 0 amide bonds. The maximum atomic E-state index is 13.1. The smallest absolute Gasteiger partial charge is 0.229 e. The van der Waals surface area contributed by atoms with E-state index in [1.807, 2.05) is 0 Å². The van der Waals surface area contributed by atoms with Crippen molar-refractivity contribution < 1.29 is 88.6 Å². The van der Waals surface area contributed by atoms with Gasteiger partial charge in [-0.25, -0.2) is 0 Å². The number of phenols is 2. The van der Waals surface area contributed by atoms with Gasteiger partial charge in [-0.15, -0.1) is 0 Å². The fourth-order valence-electron chi connectivity index (χ4n) is 6.34. The van der Waals surface area contributed by atoms with Crippen LogP contribution in [0.4, 0.5) is 0 Å². The topological polar surface area (TPSA) is 297 Å². The third-order valence-corrected chi connectivity index (χ3v) is 9.48. The molecule has 53 heavy (non-hydrogen) atoms. The Hall–Kier alpha value is -3.67. The summed E-state index contributed by atoms with van der Waals surface area (Å²) in [5.41, 5.74) is -0.543. The summed E-state index contributed by atoms with van der Waals surface area (Å²) in [6.45, 7) is 2.23. The van der Waals surface area contributed by atoms with Gasteiger partial charge in [0, 0.05) is 23.8 Å². The third-order valence-electron chi connectivity index (χ3n) is 9.48. The lowest BCUT2D eigenvalue weighted by molar-refractivity contribution is -0.360. The number of methoxy groups -OCH3 is 1. The Balaban J connectivity index is 1.31. The van der Waals surface area contributed by atoms with Gasteiger partial charge in [0.05, 0.1) is 25.9 Å². The predicted molar refractivity (Wildman–Crippen MR) is 175 cm³/mol. The van der Waals surface area contributed by atoms with Crippen molar-refractivity contribution >= 4 is 11.0 Å². The molecule has 1 aromatic heterocycles. The predicted octanol–water partition coefficient (Wildman–Crippen LogP) is -2.24. The fraction of sp³-hybridized carbons (Fsp3) is 0.559. The molecule has 3 aromatic rings. The second-order valence-electron chi connectivity index (χ2n) is 13.1. The van der Waals surface area contributed by atoms with E-state index in [0.29, 0.717) is 0 Å².